The van der Waals surface area contributed by atoms with Crippen molar-refractivity contribution >= 4 is 17.9 Å². The standard InChI is InChI=1S/C47H80O6/c1-4-7-10-13-16-18-20-22-23-25-26-28-31-34-37-40-46(49)52-43-44(42-51-45(48)39-36-33-30-15-12-9-6-3)53-47(50)41-38-35-32-29-27-24-21-19-17-14-11-8-5-2/h7,10,16,18,22-23,26,28,34,37,44H,4-6,8-9,11-15,17,19-21,24-25,27,29-33,35-36,38-43H2,1-3H3/b10-7-,18-16-,23-22-,28-26-,37-34-. The van der Waals surface area contributed by atoms with Crippen molar-refractivity contribution < 1.29 is 28.6 Å². The zero-order chi connectivity index (χ0) is 38.7. The molecule has 0 spiro atoms. The molecule has 0 heterocycles. The van der Waals surface area contributed by atoms with Crippen LogP contribution in [0.4, 0.5) is 0 Å². The van der Waals surface area contributed by atoms with E-state index in [1.54, 1.807) is 6.08 Å². The highest BCUT2D eigenvalue weighted by Gasteiger charge is 2.19. The van der Waals surface area contributed by atoms with Gasteiger partial charge in [-0.1, -0.05) is 197 Å². The van der Waals surface area contributed by atoms with Crippen molar-refractivity contribution in [3.8, 4) is 0 Å². The molecule has 1 atom stereocenters. The summed E-state index contributed by atoms with van der Waals surface area (Å²) in [5.41, 5.74) is 0. The monoisotopic (exact) mass is 741 g/mol. The third-order valence-corrected chi connectivity index (χ3v) is 9.07. The van der Waals surface area contributed by atoms with Gasteiger partial charge in [-0.2, -0.15) is 0 Å². The Labute approximate surface area is 326 Å². The van der Waals surface area contributed by atoms with E-state index in [0.717, 1.165) is 70.6 Å². The van der Waals surface area contributed by atoms with E-state index < -0.39 is 12.1 Å². The SMILES string of the molecule is CC/C=C\C/C=C\C/C=C\C/C=C\C/C=C\CC(=O)OCC(COC(=O)CCCCCCCCC)OC(=O)CCCCCCCCCCCCCCC. The van der Waals surface area contributed by atoms with Gasteiger partial charge in [-0.3, -0.25) is 14.4 Å². The van der Waals surface area contributed by atoms with Gasteiger partial charge in [-0.15, -0.1) is 0 Å². The van der Waals surface area contributed by atoms with Gasteiger partial charge in [0, 0.05) is 12.8 Å². The first kappa shape index (κ1) is 50.1. The second-order valence-electron chi connectivity index (χ2n) is 14.3. The molecular formula is C47H80O6. The lowest BCUT2D eigenvalue weighted by atomic mass is 10.0. The summed E-state index contributed by atoms with van der Waals surface area (Å²) in [7, 11) is 0. The topological polar surface area (TPSA) is 78.9 Å². The van der Waals surface area contributed by atoms with E-state index in [1.165, 1.54) is 89.9 Å². The fourth-order valence-electron chi connectivity index (χ4n) is 5.81. The molecule has 0 saturated heterocycles. The van der Waals surface area contributed by atoms with E-state index in [9.17, 15) is 14.4 Å². The van der Waals surface area contributed by atoms with Crippen LogP contribution in [0.3, 0.4) is 0 Å². The van der Waals surface area contributed by atoms with Crippen molar-refractivity contribution in [1.82, 2.24) is 0 Å². The van der Waals surface area contributed by atoms with Crippen LogP contribution in [0, 0.1) is 0 Å². The molecule has 0 aromatic heterocycles. The highest BCUT2D eigenvalue weighted by molar-refractivity contribution is 5.72. The van der Waals surface area contributed by atoms with Crippen LogP contribution in [0.5, 0.6) is 0 Å². The lowest BCUT2D eigenvalue weighted by Gasteiger charge is -2.18. The van der Waals surface area contributed by atoms with E-state index in [1.807, 2.05) is 6.08 Å². The van der Waals surface area contributed by atoms with Crippen LogP contribution in [0.15, 0.2) is 60.8 Å². The molecule has 0 aliphatic carbocycles. The van der Waals surface area contributed by atoms with Crippen LogP contribution in [-0.4, -0.2) is 37.2 Å². The van der Waals surface area contributed by atoms with Crippen molar-refractivity contribution in [2.75, 3.05) is 13.2 Å². The van der Waals surface area contributed by atoms with Crippen molar-refractivity contribution in [1.29, 1.82) is 0 Å². The van der Waals surface area contributed by atoms with Gasteiger partial charge in [0.2, 0.25) is 0 Å². The summed E-state index contributed by atoms with van der Waals surface area (Å²) in [5.74, 6) is -1.05. The molecule has 6 heteroatoms. The van der Waals surface area contributed by atoms with Gasteiger partial charge < -0.3 is 14.2 Å². The van der Waals surface area contributed by atoms with Crippen LogP contribution in [-0.2, 0) is 28.6 Å². The van der Waals surface area contributed by atoms with Gasteiger partial charge in [-0.25, -0.2) is 0 Å². The van der Waals surface area contributed by atoms with E-state index >= 15 is 0 Å². The minimum Gasteiger partial charge on any atom is -0.462 e. The summed E-state index contributed by atoms with van der Waals surface area (Å²) in [4.78, 5) is 37.5. The quantitative estimate of drug-likeness (QED) is 0.0271. The Morgan fingerprint density at radius 3 is 1.15 bits per heavy atom. The Morgan fingerprint density at radius 1 is 0.396 bits per heavy atom. The molecule has 0 aliphatic rings. The predicted molar refractivity (Wildman–Crippen MR) is 224 cm³/mol. The van der Waals surface area contributed by atoms with Crippen LogP contribution < -0.4 is 0 Å². The second kappa shape index (κ2) is 41.9. The van der Waals surface area contributed by atoms with Crippen molar-refractivity contribution in [2.24, 2.45) is 0 Å². The van der Waals surface area contributed by atoms with E-state index in [0.29, 0.717) is 12.8 Å². The number of esters is 3. The highest BCUT2D eigenvalue weighted by atomic mass is 16.6. The van der Waals surface area contributed by atoms with E-state index in [-0.39, 0.29) is 31.6 Å². The summed E-state index contributed by atoms with van der Waals surface area (Å²) in [6, 6.07) is 0. The Morgan fingerprint density at radius 2 is 0.736 bits per heavy atom. The average molecular weight is 741 g/mol. The molecule has 1 unspecified atom stereocenters. The molecular weight excluding hydrogens is 661 g/mol. The van der Waals surface area contributed by atoms with Gasteiger partial charge in [0.15, 0.2) is 6.10 Å². The fraction of sp³-hybridized carbons (Fsp3) is 0.723. The first-order chi connectivity index (χ1) is 26.0. The molecule has 0 N–H and O–H groups in total. The van der Waals surface area contributed by atoms with Crippen LogP contribution in [0.2, 0.25) is 0 Å². The summed E-state index contributed by atoms with van der Waals surface area (Å²) >= 11 is 0. The first-order valence-corrected chi connectivity index (χ1v) is 21.8. The Hall–Kier alpha value is -2.89. The number of hydrogen-bond acceptors (Lipinski definition) is 6. The summed E-state index contributed by atoms with van der Waals surface area (Å²) in [6.45, 7) is 6.37. The normalized spacial score (nSPS) is 12.6. The molecule has 0 amide bonds. The molecule has 0 aromatic carbocycles. The molecule has 0 saturated carbocycles. The fourth-order valence-corrected chi connectivity index (χ4v) is 5.81. The van der Waals surface area contributed by atoms with Gasteiger partial charge in [0.05, 0.1) is 6.42 Å². The van der Waals surface area contributed by atoms with Gasteiger partial charge in [0.25, 0.3) is 0 Å². The summed E-state index contributed by atoms with van der Waals surface area (Å²) in [5, 5.41) is 0. The molecule has 0 bridgehead atoms. The Kier molecular flexibility index (Phi) is 39.6. The number of carbonyl (C=O) groups excluding carboxylic acids is 3. The number of hydrogen-bond donors (Lipinski definition) is 0. The maximum Gasteiger partial charge on any atom is 0.309 e. The van der Waals surface area contributed by atoms with Crippen molar-refractivity contribution in [3.63, 3.8) is 0 Å². The molecule has 0 rings (SSSR count). The minimum atomic E-state index is -0.806. The summed E-state index contributed by atoms with van der Waals surface area (Å²) in [6.07, 6.45) is 49.5. The third kappa shape index (κ3) is 40.1. The van der Waals surface area contributed by atoms with Gasteiger partial charge in [-0.05, 0) is 44.9 Å². The molecule has 304 valence electrons. The lowest BCUT2D eigenvalue weighted by Crippen LogP contribution is -2.30. The molecule has 53 heavy (non-hydrogen) atoms. The number of allylic oxidation sites excluding steroid dienone is 9. The van der Waals surface area contributed by atoms with Gasteiger partial charge in [0.1, 0.15) is 13.2 Å². The molecule has 0 aromatic rings. The zero-order valence-corrected chi connectivity index (χ0v) is 34.5. The maximum absolute atomic E-state index is 12.7. The number of unbranched alkanes of at least 4 members (excludes halogenated alkanes) is 18. The Balaban J connectivity index is 4.45. The van der Waals surface area contributed by atoms with Crippen LogP contribution in [0.25, 0.3) is 0 Å². The second-order valence-corrected chi connectivity index (χ2v) is 14.3. The maximum atomic E-state index is 12.7. The van der Waals surface area contributed by atoms with E-state index in [2.05, 4.69) is 69.4 Å². The zero-order valence-electron chi connectivity index (χ0n) is 34.5. The number of rotatable bonds is 38. The van der Waals surface area contributed by atoms with Crippen LogP contribution >= 0.6 is 0 Å². The van der Waals surface area contributed by atoms with E-state index in [4.69, 9.17) is 14.2 Å². The molecule has 6 nitrogen and oxygen atoms in total. The average Bonchev–Trinajstić information content (AvgIpc) is 3.15. The third-order valence-electron chi connectivity index (χ3n) is 9.07. The molecule has 0 radical (unpaired) electrons. The Bertz CT molecular complexity index is 991. The van der Waals surface area contributed by atoms with Crippen molar-refractivity contribution in [2.45, 2.75) is 207 Å². The lowest BCUT2D eigenvalue weighted by molar-refractivity contribution is -0.166. The molecule has 0 aliphatic heterocycles. The summed E-state index contributed by atoms with van der Waals surface area (Å²) < 4.78 is 16.5. The molecule has 0 fully saturated rings. The predicted octanol–water partition coefficient (Wildman–Crippen LogP) is 13.7. The van der Waals surface area contributed by atoms with Gasteiger partial charge >= 0.3 is 17.9 Å². The minimum absolute atomic E-state index is 0.103. The van der Waals surface area contributed by atoms with Crippen molar-refractivity contribution in [3.05, 3.63) is 60.8 Å². The smallest absolute Gasteiger partial charge is 0.309 e. The largest absolute Gasteiger partial charge is 0.462 e. The number of ether oxygens (including phenoxy) is 3. The first-order valence-electron chi connectivity index (χ1n) is 21.8. The highest BCUT2D eigenvalue weighted by Crippen LogP contribution is 2.14. The van der Waals surface area contributed by atoms with Crippen LogP contribution in [0.1, 0.15) is 201 Å². The number of carbonyl (C=O) groups is 3.